The predicted octanol–water partition coefficient (Wildman–Crippen LogP) is 0.937. The van der Waals surface area contributed by atoms with Gasteiger partial charge in [0.2, 0.25) is 0 Å². The molecule has 0 atom stereocenters. The van der Waals surface area contributed by atoms with E-state index in [4.69, 9.17) is 0 Å². The first-order valence-corrected chi connectivity index (χ1v) is 4.08. The normalized spacial score (nSPS) is 17.2. The lowest BCUT2D eigenvalue weighted by Gasteiger charge is -2.03. The summed E-state index contributed by atoms with van der Waals surface area (Å²) in [4.78, 5) is 4.27. The smallest absolute Gasteiger partial charge is 0.122 e. The number of nitrogens with one attached hydrogen (secondary N) is 1. The molecule has 0 bridgehead atoms. The highest BCUT2D eigenvalue weighted by molar-refractivity contribution is 4.98. The average molecular weight is 151 g/mol. The summed E-state index contributed by atoms with van der Waals surface area (Å²) >= 11 is 0. The van der Waals surface area contributed by atoms with Crippen molar-refractivity contribution in [2.75, 3.05) is 7.05 Å². The Balaban J connectivity index is 2.16. The first-order chi connectivity index (χ1) is 5.42. The zero-order chi connectivity index (χ0) is 7.68. The molecule has 0 unspecified atom stereocenters. The molecule has 3 nitrogen and oxygen atoms in total. The van der Waals surface area contributed by atoms with Gasteiger partial charge in [-0.3, -0.25) is 0 Å². The quantitative estimate of drug-likeness (QED) is 0.696. The zero-order valence-corrected chi connectivity index (χ0v) is 6.75. The Morgan fingerprint density at radius 1 is 1.73 bits per heavy atom. The number of nitrogens with zero attached hydrogens (tertiary/aromatic N) is 2. The minimum Gasteiger partial charge on any atom is -0.331 e. The van der Waals surface area contributed by atoms with Crippen LogP contribution in [-0.4, -0.2) is 16.6 Å². The highest BCUT2D eigenvalue weighted by atomic mass is 15.1. The van der Waals surface area contributed by atoms with Gasteiger partial charge in [-0.2, -0.15) is 0 Å². The molecule has 0 amide bonds. The molecule has 2 rings (SSSR count). The first kappa shape index (κ1) is 6.85. The molecule has 60 valence electrons. The lowest BCUT2D eigenvalue weighted by atomic mass is 10.5. The van der Waals surface area contributed by atoms with E-state index in [1.807, 2.05) is 13.2 Å². The molecule has 0 spiro atoms. The SMILES string of the molecule is CNCc1nccn1C1CC1. The van der Waals surface area contributed by atoms with Crippen LogP contribution in [-0.2, 0) is 6.54 Å². The standard InChI is InChI=1S/C8H13N3/c1-9-6-8-10-4-5-11(8)7-2-3-7/h4-5,7,9H,2-3,6H2,1H3. The lowest BCUT2D eigenvalue weighted by Crippen LogP contribution is -2.11. The molecular weight excluding hydrogens is 138 g/mol. The van der Waals surface area contributed by atoms with E-state index >= 15 is 0 Å². The van der Waals surface area contributed by atoms with Crippen LogP contribution in [0.15, 0.2) is 12.4 Å². The van der Waals surface area contributed by atoms with Crippen molar-refractivity contribution in [2.24, 2.45) is 0 Å². The van der Waals surface area contributed by atoms with Gasteiger partial charge in [0.25, 0.3) is 0 Å². The van der Waals surface area contributed by atoms with E-state index in [0.717, 1.165) is 18.4 Å². The van der Waals surface area contributed by atoms with Crippen LogP contribution < -0.4 is 5.32 Å². The van der Waals surface area contributed by atoms with Crippen molar-refractivity contribution in [3.8, 4) is 0 Å². The molecule has 0 aromatic carbocycles. The molecular formula is C8H13N3. The van der Waals surface area contributed by atoms with Crippen LogP contribution in [0.1, 0.15) is 24.7 Å². The summed E-state index contributed by atoms with van der Waals surface area (Å²) in [5.74, 6) is 1.16. The minimum absolute atomic E-state index is 0.751. The fraction of sp³-hybridized carbons (Fsp3) is 0.625. The Labute approximate surface area is 66.4 Å². The number of rotatable bonds is 3. The highest BCUT2D eigenvalue weighted by Gasteiger charge is 2.24. The van der Waals surface area contributed by atoms with Gasteiger partial charge >= 0.3 is 0 Å². The highest BCUT2D eigenvalue weighted by Crippen LogP contribution is 2.35. The van der Waals surface area contributed by atoms with Crippen LogP contribution in [0, 0.1) is 0 Å². The molecule has 3 heteroatoms. The Morgan fingerprint density at radius 3 is 3.18 bits per heavy atom. The molecule has 11 heavy (non-hydrogen) atoms. The van der Waals surface area contributed by atoms with Crippen molar-refractivity contribution in [1.29, 1.82) is 0 Å². The van der Waals surface area contributed by atoms with E-state index < -0.39 is 0 Å². The minimum atomic E-state index is 0.751. The Kier molecular flexibility index (Phi) is 1.66. The molecule has 0 aliphatic heterocycles. The number of hydrogen-bond acceptors (Lipinski definition) is 2. The van der Waals surface area contributed by atoms with Crippen molar-refractivity contribution >= 4 is 0 Å². The molecule has 1 heterocycles. The third kappa shape index (κ3) is 1.28. The van der Waals surface area contributed by atoms with Crippen molar-refractivity contribution in [3.05, 3.63) is 18.2 Å². The Bertz CT molecular complexity index is 237. The summed E-state index contributed by atoms with van der Waals surface area (Å²) in [5, 5.41) is 3.11. The molecule has 0 radical (unpaired) electrons. The average Bonchev–Trinajstić information content (AvgIpc) is 2.75. The number of hydrogen-bond donors (Lipinski definition) is 1. The third-order valence-electron chi connectivity index (χ3n) is 2.02. The van der Waals surface area contributed by atoms with Crippen molar-refractivity contribution in [3.63, 3.8) is 0 Å². The van der Waals surface area contributed by atoms with Gasteiger partial charge in [0.15, 0.2) is 0 Å². The lowest BCUT2D eigenvalue weighted by molar-refractivity contribution is 0.645. The zero-order valence-electron chi connectivity index (χ0n) is 6.75. The predicted molar refractivity (Wildman–Crippen MR) is 43.3 cm³/mol. The van der Waals surface area contributed by atoms with E-state index in [0.29, 0.717) is 0 Å². The van der Waals surface area contributed by atoms with Crippen molar-refractivity contribution in [1.82, 2.24) is 14.9 Å². The van der Waals surface area contributed by atoms with Gasteiger partial charge in [-0.15, -0.1) is 0 Å². The molecule has 1 fully saturated rings. The van der Waals surface area contributed by atoms with Crippen molar-refractivity contribution < 1.29 is 0 Å². The summed E-state index contributed by atoms with van der Waals surface area (Å²) in [7, 11) is 1.95. The van der Waals surface area contributed by atoms with Crippen LogP contribution in [0.5, 0.6) is 0 Å². The Morgan fingerprint density at radius 2 is 2.55 bits per heavy atom. The number of aromatic nitrogens is 2. The van der Waals surface area contributed by atoms with E-state index in [-0.39, 0.29) is 0 Å². The maximum atomic E-state index is 4.27. The molecule has 0 saturated heterocycles. The van der Waals surface area contributed by atoms with Crippen LogP contribution in [0.2, 0.25) is 0 Å². The summed E-state index contributed by atoms with van der Waals surface area (Å²) in [5.41, 5.74) is 0. The molecule has 1 aliphatic carbocycles. The number of imidazole rings is 1. The second-order valence-corrected chi connectivity index (χ2v) is 3.01. The molecule has 1 saturated carbocycles. The van der Waals surface area contributed by atoms with Crippen LogP contribution in [0.3, 0.4) is 0 Å². The van der Waals surface area contributed by atoms with Gasteiger partial charge < -0.3 is 9.88 Å². The molecule has 1 N–H and O–H groups in total. The molecule has 1 aromatic heterocycles. The second kappa shape index (κ2) is 2.66. The summed E-state index contributed by atoms with van der Waals surface area (Å²) in [6, 6.07) is 0.751. The largest absolute Gasteiger partial charge is 0.331 e. The van der Waals surface area contributed by atoms with Crippen LogP contribution in [0.25, 0.3) is 0 Å². The van der Waals surface area contributed by atoms with E-state index in [9.17, 15) is 0 Å². The van der Waals surface area contributed by atoms with Crippen LogP contribution >= 0.6 is 0 Å². The van der Waals surface area contributed by atoms with E-state index in [1.165, 1.54) is 12.8 Å². The van der Waals surface area contributed by atoms with E-state index in [2.05, 4.69) is 21.1 Å². The summed E-state index contributed by atoms with van der Waals surface area (Å²) in [6.07, 6.45) is 6.61. The first-order valence-electron chi connectivity index (χ1n) is 4.08. The molecule has 1 aromatic rings. The molecule has 1 aliphatic rings. The van der Waals surface area contributed by atoms with E-state index in [1.54, 1.807) is 0 Å². The Hall–Kier alpha value is -0.830. The van der Waals surface area contributed by atoms with Gasteiger partial charge in [-0.1, -0.05) is 0 Å². The monoisotopic (exact) mass is 151 g/mol. The van der Waals surface area contributed by atoms with Gasteiger partial charge in [0.05, 0.1) is 6.54 Å². The fourth-order valence-corrected chi connectivity index (χ4v) is 1.32. The van der Waals surface area contributed by atoms with Crippen LogP contribution in [0.4, 0.5) is 0 Å². The summed E-state index contributed by atoms with van der Waals surface area (Å²) in [6.45, 7) is 0.878. The maximum absolute atomic E-state index is 4.27. The maximum Gasteiger partial charge on any atom is 0.122 e. The topological polar surface area (TPSA) is 29.9 Å². The van der Waals surface area contributed by atoms with Gasteiger partial charge in [-0.05, 0) is 19.9 Å². The van der Waals surface area contributed by atoms with Gasteiger partial charge in [0.1, 0.15) is 5.82 Å². The van der Waals surface area contributed by atoms with Crippen molar-refractivity contribution in [2.45, 2.75) is 25.4 Å². The fourth-order valence-electron chi connectivity index (χ4n) is 1.32. The third-order valence-corrected chi connectivity index (χ3v) is 2.02. The van der Waals surface area contributed by atoms with Gasteiger partial charge in [0, 0.05) is 18.4 Å². The van der Waals surface area contributed by atoms with Gasteiger partial charge in [-0.25, -0.2) is 4.98 Å². The second-order valence-electron chi connectivity index (χ2n) is 3.01. The summed E-state index contributed by atoms with van der Waals surface area (Å²) < 4.78 is 2.27.